The van der Waals surface area contributed by atoms with E-state index in [-0.39, 0.29) is 49.7 Å². The molecule has 0 spiro atoms. The third-order valence-electron chi connectivity index (χ3n) is 8.38. The molecule has 7 N–H and O–H groups in total. The third kappa shape index (κ3) is 7.62. The molecule has 0 radical (unpaired) electrons. The Labute approximate surface area is 308 Å². The van der Waals surface area contributed by atoms with Gasteiger partial charge in [0.25, 0.3) is 5.91 Å². The van der Waals surface area contributed by atoms with Crippen LogP contribution < -0.4 is 31.2 Å². The molecule has 3 atom stereocenters. The Kier molecular flexibility index (Phi) is 11.3. The predicted octanol–water partition coefficient (Wildman–Crippen LogP) is -3.28. The topological polar surface area (TPSA) is 282 Å². The number of β-lactam (4-membered cyclic amide) rings is 1. The number of carboxylic acids is 2. The summed E-state index contributed by atoms with van der Waals surface area (Å²) in [7, 11) is 0. The van der Waals surface area contributed by atoms with Crippen molar-refractivity contribution in [1.82, 2.24) is 30.7 Å². The summed E-state index contributed by atoms with van der Waals surface area (Å²) in [6.45, 7) is 1.35. The normalized spacial score (nSPS) is 20.2. The number of thioether (sulfide) groups is 2. The highest BCUT2D eigenvalue weighted by atomic mass is 32.2. The predicted molar refractivity (Wildman–Crippen MR) is 179 cm³/mol. The van der Waals surface area contributed by atoms with Gasteiger partial charge in [0, 0.05) is 48.2 Å². The zero-order valence-corrected chi connectivity index (χ0v) is 29.3. The number of amides is 7. The number of imide groups is 1. The molecule has 4 heterocycles. The van der Waals surface area contributed by atoms with Crippen molar-refractivity contribution in [1.29, 1.82) is 0 Å². The number of benzene rings is 1. The molecule has 2 aromatic rings. The minimum atomic E-state index is -2.24. The van der Waals surface area contributed by atoms with Crippen LogP contribution in [0.1, 0.15) is 18.5 Å². The number of fused-ring (bicyclic) bond motifs is 1. The molecule has 0 saturated carbocycles. The van der Waals surface area contributed by atoms with Gasteiger partial charge in [0.15, 0.2) is 18.0 Å². The van der Waals surface area contributed by atoms with Crippen LogP contribution in [0.2, 0.25) is 0 Å². The Morgan fingerprint density at radius 3 is 2.43 bits per heavy atom. The number of nitrogens with zero attached hydrogens (tertiary/aromatic N) is 4. The fourth-order valence-corrected chi connectivity index (χ4v) is 8.15. The van der Waals surface area contributed by atoms with Crippen molar-refractivity contribution >= 4 is 71.5 Å². The van der Waals surface area contributed by atoms with E-state index in [1.807, 2.05) is 0 Å². The largest absolute Gasteiger partial charge is 0.543 e. The first-order chi connectivity index (χ1) is 25.2. The number of phenolic OH excluding ortho intramolecular Hbond substituents is 2. The Balaban J connectivity index is 1.38. The molecule has 0 aliphatic carbocycles. The minimum Gasteiger partial charge on any atom is -0.543 e. The second-order valence-electron chi connectivity index (χ2n) is 11.6. The van der Waals surface area contributed by atoms with E-state index in [0.717, 1.165) is 34.9 Å². The van der Waals surface area contributed by atoms with Gasteiger partial charge >= 0.3 is 23.8 Å². The number of likely N-dealkylation sites (N-methyl/N-ethyl adjacent to an activating group) is 1. The van der Waals surface area contributed by atoms with Gasteiger partial charge in [-0.2, -0.15) is 5.43 Å². The van der Waals surface area contributed by atoms with Crippen molar-refractivity contribution in [3.8, 4) is 11.5 Å². The number of carbonyl (C=O) groups is 8. The number of aromatic nitrogens is 1. The van der Waals surface area contributed by atoms with E-state index < -0.39 is 75.9 Å². The van der Waals surface area contributed by atoms with E-state index in [4.69, 9.17) is 5.11 Å². The molecule has 0 unspecified atom stereocenters. The Morgan fingerprint density at radius 2 is 1.81 bits per heavy atom. The molecular formula is C31H32N8O12S2. The molecule has 3 aliphatic heterocycles. The SMILES string of the molecule is CCN1CCN(C(=O)N[C@@H](C(=O)N[C@]2(NC=O)C(=O)N3C(C(=O)[O-])=C(CSc4cc[n+](NCC(=O)O)cc4)CS[C@@H]32)c2ccc(O)c(O)c2)C(=O)C1=O. The summed E-state index contributed by atoms with van der Waals surface area (Å²) < 4.78 is 1.42. The molecule has 1 aromatic heterocycles. The number of nitrogens with one attached hydrogen (secondary N) is 4. The van der Waals surface area contributed by atoms with Gasteiger partial charge in [-0.25, -0.2) is 4.79 Å². The van der Waals surface area contributed by atoms with Crippen molar-refractivity contribution in [3.63, 3.8) is 0 Å². The highest BCUT2D eigenvalue weighted by Crippen LogP contribution is 2.46. The van der Waals surface area contributed by atoms with Crippen LogP contribution in [0.3, 0.4) is 0 Å². The summed E-state index contributed by atoms with van der Waals surface area (Å²) in [6.07, 6.45) is 3.24. The van der Waals surface area contributed by atoms with Crippen LogP contribution in [0.15, 0.2) is 58.9 Å². The zero-order valence-electron chi connectivity index (χ0n) is 27.6. The number of piperazine rings is 1. The van der Waals surface area contributed by atoms with Gasteiger partial charge in [0.2, 0.25) is 30.4 Å². The number of carbonyl (C=O) groups excluding carboxylic acids is 7. The van der Waals surface area contributed by atoms with Gasteiger partial charge < -0.3 is 46.1 Å². The number of aliphatic carboxylic acids is 2. The molecule has 5 rings (SSSR count). The monoisotopic (exact) mass is 772 g/mol. The number of hydrogen-bond acceptors (Lipinski definition) is 14. The molecule has 20 nitrogen and oxygen atoms in total. The lowest BCUT2D eigenvalue weighted by Gasteiger charge is -2.57. The second-order valence-corrected chi connectivity index (χ2v) is 13.7. The number of urea groups is 1. The number of pyridine rings is 1. The van der Waals surface area contributed by atoms with E-state index in [0.29, 0.717) is 15.4 Å². The van der Waals surface area contributed by atoms with Crippen molar-refractivity contribution in [2.75, 3.05) is 43.1 Å². The molecular weight excluding hydrogens is 741 g/mol. The molecule has 1 aromatic carbocycles. The molecule has 0 bridgehead atoms. The van der Waals surface area contributed by atoms with E-state index in [9.17, 15) is 53.7 Å². The molecule has 2 fully saturated rings. The van der Waals surface area contributed by atoms with Crippen molar-refractivity contribution in [2.45, 2.75) is 28.9 Å². The Morgan fingerprint density at radius 1 is 1.09 bits per heavy atom. The number of phenols is 2. The van der Waals surface area contributed by atoms with Gasteiger partial charge in [-0.3, -0.25) is 38.6 Å². The quantitative estimate of drug-likeness (QED) is 0.0189. The van der Waals surface area contributed by atoms with E-state index in [1.165, 1.54) is 21.3 Å². The van der Waals surface area contributed by atoms with Gasteiger partial charge in [0.05, 0.1) is 11.7 Å². The van der Waals surface area contributed by atoms with Crippen molar-refractivity contribution < 1.29 is 63.5 Å². The first-order valence-corrected chi connectivity index (χ1v) is 17.7. The summed E-state index contributed by atoms with van der Waals surface area (Å²) in [5, 5.41) is 47.0. The Hall–Kier alpha value is -6.03. The molecule has 3 aliphatic rings. The lowest BCUT2D eigenvalue weighted by Crippen LogP contribution is -2.85. The first kappa shape index (κ1) is 38.2. The van der Waals surface area contributed by atoms with E-state index >= 15 is 0 Å². The summed E-state index contributed by atoms with van der Waals surface area (Å²) in [5.74, 6) is -8.23. The van der Waals surface area contributed by atoms with Crippen LogP contribution >= 0.6 is 23.5 Å². The van der Waals surface area contributed by atoms with E-state index in [1.54, 1.807) is 31.5 Å². The fourth-order valence-electron chi connectivity index (χ4n) is 5.70. The first-order valence-electron chi connectivity index (χ1n) is 15.7. The number of hydrogen-bond donors (Lipinski definition) is 7. The molecule has 280 valence electrons. The highest BCUT2D eigenvalue weighted by Gasteiger charge is 2.65. The molecule has 22 heteroatoms. The maximum Gasteiger partial charge on any atom is 0.328 e. The van der Waals surface area contributed by atoms with Gasteiger partial charge in [0.1, 0.15) is 11.4 Å². The number of rotatable bonds is 14. The standard InChI is InChI=1S/C31H32N8O12S2/c1-2-36-9-10-38(26(47)25(36)46)30(51)34-22(16-3-4-19(41)20(42)11-16)24(45)35-31(32-15-40)28(50)39-23(27(48)49)17(14-53-29(31)39)13-52-18-5-7-37(8-6-18)33-12-21(43)44/h3-8,11,15,22,29,33H,2,9-10,12-14H2,1H3,(H6-,32,34,35,40,41,42,43,44,45,46,47,48,49,51)/t22-,29-,31-/m1/s1. The minimum absolute atomic E-state index is 0.0157. The summed E-state index contributed by atoms with van der Waals surface area (Å²) in [4.78, 5) is 105. The highest BCUT2D eigenvalue weighted by molar-refractivity contribution is 8.01. The van der Waals surface area contributed by atoms with Gasteiger partial charge in [-0.15, -0.1) is 23.5 Å². The van der Waals surface area contributed by atoms with Gasteiger partial charge in [-0.1, -0.05) is 10.7 Å². The molecule has 7 amide bonds. The van der Waals surface area contributed by atoms with Gasteiger partial charge in [-0.05, 0) is 30.2 Å². The van der Waals surface area contributed by atoms with Crippen LogP contribution in [0.4, 0.5) is 4.79 Å². The fraction of sp³-hybridized carbons (Fsp3) is 0.323. The van der Waals surface area contributed by atoms with Crippen molar-refractivity contribution in [2.24, 2.45) is 0 Å². The van der Waals surface area contributed by atoms with E-state index in [2.05, 4.69) is 21.4 Å². The lowest BCUT2D eigenvalue weighted by atomic mass is 9.94. The number of aromatic hydroxyl groups is 2. The maximum absolute atomic E-state index is 14.0. The van der Waals surface area contributed by atoms with Crippen LogP contribution in [0, 0.1) is 0 Å². The molecule has 53 heavy (non-hydrogen) atoms. The maximum atomic E-state index is 14.0. The summed E-state index contributed by atoms with van der Waals surface area (Å²) in [5.41, 5.74) is 0.0831. The zero-order chi connectivity index (χ0) is 38.6. The average molecular weight is 773 g/mol. The number of carboxylic acid groups (broad SMARTS) is 2. The lowest BCUT2D eigenvalue weighted by molar-refractivity contribution is -0.649. The third-order valence-corrected chi connectivity index (χ3v) is 10.9. The average Bonchev–Trinajstić information content (AvgIpc) is 3.13. The van der Waals surface area contributed by atoms with Crippen LogP contribution in [0.5, 0.6) is 11.5 Å². The van der Waals surface area contributed by atoms with Crippen LogP contribution in [-0.4, -0.2) is 127 Å². The molecule has 2 saturated heterocycles. The summed E-state index contributed by atoms with van der Waals surface area (Å²) >= 11 is 2.24. The Bertz CT molecular complexity index is 1910. The second kappa shape index (κ2) is 15.7. The van der Waals surface area contributed by atoms with Crippen molar-refractivity contribution in [3.05, 3.63) is 59.6 Å². The smallest absolute Gasteiger partial charge is 0.328 e. The van der Waals surface area contributed by atoms with Crippen LogP contribution in [0.25, 0.3) is 0 Å². The summed E-state index contributed by atoms with van der Waals surface area (Å²) in [6, 6.07) is 3.45. The van der Waals surface area contributed by atoms with Crippen LogP contribution in [-0.2, 0) is 33.6 Å².